The lowest BCUT2D eigenvalue weighted by Crippen LogP contribution is -2.35. The van der Waals surface area contributed by atoms with E-state index in [9.17, 15) is 0 Å². The minimum absolute atomic E-state index is 0.788. The minimum atomic E-state index is 0.788. The summed E-state index contributed by atoms with van der Waals surface area (Å²) < 4.78 is 5.97. The second kappa shape index (κ2) is 10.4. The van der Waals surface area contributed by atoms with E-state index in [1.165, 1.54) is 72.2 Å². The Balaban J connectivity index is 1.24. The number of hydrogen-bond donors (Lipinski definition) is 0. The molecule has 0 bridgehead atoms. The number of benzene rings is 1. The summed E-state index contributed by atoms with van der Waals surface area (Å²) in [5.74, 6) is 0.788. The van der Waals surface area contributed by atoms with Gasteiger partial charge in [-0.2, -0.15) is 0 Å². The highest BCUT2D eigenvalue weighted by Gasteiger charge is 2.22. The van der Waals surface area contributed by atoms with Crippen LogP contribution in [0.25, 0.3) is 21.4 Å². The third-order valence-corrected chi connectivity index (χ3v) is 7.96. The number of aromatic nitrogens is 1. The van der Waals surface area contributed by atoms with Crippen molar-refractivity contribution in [3.05, 3.63) is 64.7 Å². The molecule has 4 nitrogen and oxygen atoms in total. The molecule has 1 aliphatic carbocycles. The largest absolute Gasteiger partial charge is 0.356 e. The number of aryl methyl sites for hydroxylation is 1. The smallest absolute Gasteiger partial charge is 0.172 e. The number of thiophene rings is 1. The lowest BCUT2D eigenvalue weighted by Gasteiger charge is -2.32. The summed E-state index contributed by atoms with van der Waals surface area (Å²) in [6.07, 6.45) is 14.3. The van der Waals surface area contributed by atoms with Crippen molar-refractivity contribution < 1.29 is 4.52 Å². The van der Waals surface area contributed by atoms with Crippen LogP contribution in [0.3, 0.4) is 0 Å². The van der Waals surface area contributed by atoms with Gasteiger partial charge in [-0.1, -0.05) is 35.5 Å². The normalized spacial score (nSPS) is 17.8. The molecule has 1 aliphatic heterocycles. The molecule has 0 N–H and O–H groups in total. The first kappa shape index (κ1) is 22.6. The van der Waals surface area contributed by atoms with Gasteiger partial charge in [-0.3, -0.25) is 4.90 Å². The molecule has 5 heteroatoms. The molecular weight excluding hydrogens is 426 g/mol. The van der Waals surface area contributed by atoms with Gasteiger partial charge in [-0.25, -0.2) is 0 Å². The monoisotopic (exact) mass is 461 g/mol. The third-order valence-electron chi connectivity index (χ3n) is 7.05. The highest BCUT2D eigenvalue weighted by atomic mass is 32.1. The maximum Gasteiger partial charge on any atom is 0.172 e. The van der Waals surface area contributed by atoms with Crippen molar-refractivity contribution in [2.45, 2.75) is 45.1 Å². The molecule has 0 unspecified atom stereocenters. The fourth-order valence-electron chi connectivity index (χ4n) is 5.24. The van der Waals surface area contributed by atoms with Crippen LogP contribution in [-0.4, -0.2) is 48.7 Å². The second-order valence-corrected chi connectivity index (χ2v) is 10.8. The van der Waals surface area contributed by atoms with E-state index < -0.39 is 0 Å². The number of nitrogens with zero attached hydrogens (tertiary/aromatic N) is 3. The second-order valence-electron chi connectivity index (χ2n) is 9.83. The van der Waals surface area contributed by atoms with Crippen LogP contribution < -0.4 is 0 Å². The van der Waals surface area contributed by atoms with Crippen LogP contribution in [0.4, 0.5) is 0 Å². The molecule has 33 heavy (non-hydrogen) atoms. The molecule has 0 saturated carbocycles. The Labute approximate surface area is 201 Å². The van der Waals surface area contributed by atoms with Gasteiger partial charge in [0.15, 0.2) is 5.58 Å². The molecule has 3 heterocycles. The van der Waals surface area contributed by atoms with Gasteiger partial charge in [0.05, 0.1) is 5.69 Å². The average molecular weight is 462 g/mol. The van der Waals surface area contributed by atoms with Gasteiger partial charge in [-0.15, -0.1) is 11.3 Å². The molecular formula is C28H35N3OS. The van der Waals surface area contributed by atoms with Crippen molar-refractivity contribution in [2.24, 2.45) is 5.92 Å². The SMILES string of the molecule is CN(C)Cc1c(-c2cccs2)ccc2c(CCC3CCN(CC4=CCCC=C4)CC3)noc12. The highest BCUT2D eigenvalue weighted by molar-refractivity contribution is 7.13. The van der Waals surface area contributed by atoms with E-state index in [2.05, 4.69) is 76.9 Å². The number of likely N-dealkylation sites (tertiary alicyclic amines) is 1. The molecule has 2 aromatic heterocycles. The van der Waals surface area contributed by atoms with Crippen molar-refractivity contribution in [3.63, 3.8) is 0 Å². The summed E-state index contributed by atoms with van der Waals surface area (Å²) in [4.78, 5) is 6.13. The lowest BCUT2D eigenvalue weighted by molar-refractivity contribution is 0.192. The fraction of sp³-hybridized carbons (Fsp3) is 0.464. The van der Waals surface area contributed by atoms with Crippen molar-refractivity contribution in [2.75, 3.05) is 33.7 Å². The van der Waals surface area contributed by atoms with Crippen molar-refractivity contribution in [1.82, 2.24) is 15.0 Å². The molecule has 0 atom stereocenters. The van der Waals surface area contributed by atoms with Gasteiger partial charge in [0.25, 0.3) is 0 Å². The van der Waals surface area contributed by atoms with E-state index in [0.29, 0.717) is 0 Å². The van der Waals surface area contributed by atoms with Crippen molar-refractivity contribution in [1.29, 1.82) is 0 Å². The predicted molar refractivity (Wildman–Crippen MR) is 139 cm³/mol. The highest BCUT2D eigenvalue weighted by Crippen LogP contribution is 2.35. The van der Waals surface area contributed by atoms with E-state index in [4.69, 9.17) is 4.52 Å². The van der Waals surface area contributed by atoms with Crippen LogP contribution in [-0.2, 0) is 13.0 Å². The summed E-state index contributed by atoms with van der Waals surface area (Å²) >= 11 is 1.78. The van der Waals surface area contributed by atoms with E-state index in [-0.39, 0.29) is 0 Å². The molecule has 1 saturated heterocycles. The molecule has 1 aromatic carbocycles. The topological polar surface area (TPSA) is 32.5 Å². The number of fused-ring (bicyclic) bond motifs is 1. The number of piperidine rings is 1. The first-order valence-electron chi connectivity index (χ1n) is 12.3. The summed E-state index contributed by atoms with van der Waals surface area (Å²) in [5.41, 5.74) is 6.11. The van der Waals surface area contributed by atoms with Gasteiger partial charge in [-0.05, 0) is 100 Å². The van der Waals surface area contributed by atoms with Crippen molar-refractivity contribution in [3.8, 4) is 10.4 Å². The average Bonchev–Trinajstić information content (AvgIpc) is 3.50. The first-order valence-corrected chi connectivity index (χ1v) is 13.2. The van der Waals surface area contributed by atoms with E-state index >= 15 is 0 Å². The maximum atomic E-state index is 5.97. The third kappa shape index (κ3) is 5.32. The standard InChI is InChI=1S/C28H35N3OS/c1-30(2)20-25-23(27-9-6-18-33-27)11-12-24-26(29-32-28(24)25)13-10-21-14-16-31(17-15-21)19-22-7-4-3-5-8-22/h4,6-9,11-12,18,21H,3,5,10,13-17,19-20H2,1-2H3. The summed E-state index contributed by atoms with van der Waals surface area (Å²) in [6, 6.07) is 8.79. The van der Waals surface area contributed by atoms with E-state index in [0.717, 1.165) is 36.7 Å². The zero-order chi connectivity index (χ0) is 22.6. The Morgan fingerprint density at radius 3 is 2.76 bits per heavy atom. The molecule has 0 spiro atoms. The van der Waals surface area contributed by atoms with E-state index in [1.54, 1.807) is 11.3 Å². The Morgan fingerprint density at radius 2 is 2.03 bits per heavy atom. The van der Waals surface area contributed by atoms with Crippen LogP contribution >= 0.6 is 11.3 Å². The van der Waals surface area contributed by atoms with Gasteiger partial charge >= 0.3 is 0 Å². The maximum absolute atomic E-state index is 5.97. The van der Waals surface area contributed by atoms with Gasteiger partial charge in [0.2, 0.25) is 0 Å². The van der Waals surface area contributed by atoms with E-state index in [1.807, 2.05) is 0 Å². The molecule has 174 valence electrons. The molecule has 0 amide bonds. The van der Waals surface area contributed by atoms with Crippen LogP contribution in [0.5, 0.6) is 0 Å². The fourth-order valence-corrected chi connectivity index (χ4v) is 6.02. The zero-order valence-corrected chi connectivity index (χ0v) is 20.7. The van der Waals surface area contributed by atoms with Crippen molar-refractivity contribution >= 4 is 22.3 Å². The molecule has 2 aliphatic rings. The predicted octanol–water partition coefficient (Wildman–Crippen LogP) is 6.54. The number of allylic oxidation sites excluding steroid dienone is 2. The Bertz CT molecular complexity index is 1120. The van der Waals surface area contributed by atoms with Crippen LogP contribution in [0.15, 0.2) is 58.0 Å². The van der Waals surface area contributed by atoms with Gasteiger partial charge < -0.3 is 9.42 Å². The minimum Gasteiger partial charge on any atom is -0.356 e. The molecule has 5 rings (SSSR count). The quantitative estimate of drug-likeness (QED) is 0.381. The Hall–Kier alpha value is -2.21. The number of hydrogen-bond acceptors (Lipinski definition) is 5. The molecule has 0 radical (unpaired) electrons. The summed E-state index contributed by atoms with van der Waals surface area (Å²) in [7, 11) is 4.23. The Kier molecular flexibility index (Phi) is 7.10. The molecule has 3 aromatic rings. The zero-order valence-electron chi connectivity index (χ0n) is 19.9. The van der Waals surface area contributed by atoms with Crippen LogP contribution in [0, 0.1) is 5.92 Å². The summed E-state index contributed by atoms with van der Waals surface area (Å²) in [6.45, 7) is 4.40. The van der Waals surface area contributed by atoms with Crippen LogP contribution in [0.1, 0.15) is 43.4 Å². The number of rotatable bonds is 8. The molecule has 1 fully saturated rings. The summed E-state index contributed by atoms with van der Waals surface area (Å²) in [5, 5.41) is 7.88. The van der Waals surface area contributed by atoms with Gasteiger partial charge in [0.1, 0.15) is 0 Å². The Morgan fingerprint density at radius 1 is 1.15 bits per heavy atom. The van der Waals surface area contributed by atoms with Gasteiger partial charge in [0, 0.05) is 28.9 Å². The first-order chi connectivity index (χ1) is 16.2. The lowest BCUT2D eigenvalue weighted by atomic mass is 9.90. The van der Waals surface area contributed by atoms with Crippen LogP contribution in [0.2, 0.25) is 0 Å².